The molecule has 1 fully saturated rings. The Balaban J connectivity index is 1.44. The summed E-state index contributed by atoms with van der Waals surface area (Å²) < 4.78 is 11.7. The van der Waals surface area contributed by atoms with Crippen molar-refractivity contribution in [2.24, 2.45) is 0 Å². The van der Waals surface area contributed by atoms with Gasteiger partial charge < -0.3 is 9.47 Å². The van der Waals surface area contributed by atoms with Crippen molar-refractivity contribution in [3.8, 4) is 11.5 Å². The third-order valence-corrected chi connectivity index (χ3v) is 6.30. The zero-order valence-corrected chi connectivity index (χ0v) is 21.3. The van der Waals surface area contributed by atoms with Crippen LogP contribution in [0.1, 0.15) is 16.7 Å². The van der Waals surface area contributed by atoms with E-state index in [-0.39, 0.29) is 12.2 Å². The highest BCUT2D eigenvalue weighted by Gasteiger charge is 2.37. The highest BCUT2D eigenvalue weighted by Crippen LogP contribution is 2.32. The van der Waals surface area contributed by atoms with Gasteiger partial charge in [0, 0.05) is 5.56 Å². The van der Waals surface area contributed by atoms with Gasteiger partial charge in [-0.3, -0.25) is 14.9 Å². The number of carbonyl (C=O) groups excluding carboxylic acids is 3. The van der Waals surface area contributed by atoms with Gasteiger partial charge in [-0.2, -0.15) is 0 Å². The Morgan fingerprint density at radius 2 is 1.62 bits per heavy atom. The van der Waals surface area contributed by atoms with E-state index in [0.29, 0.717) is 29.4 Å². The lowest BCUT2D eigenvalue weighted by molar-refractivity contribution is -0.122. The molecule has 0 unspecified atom stereocenters. The molecule has 4 aromatic carbocycles. The summed E-state index contributed by atoms with van der Waals surface area (Å²) >= 11 is 0. The molecule has 4 aromatic rings. The van der Waals surface area contributed by atoms with Crippen molar-refractivity contribution in [3.63, 3.8) is 0 Å². The van der Waals surface area contributed by atoms with Gasteiger partial charge in [0.1, 0.15) is 30.3 Å². The van der Waals surface area contributed by atoms with Crippen molar-refractivity contribution in [1.29, 1.82) is 0 Å². The van der Waals surface area contributed by atoms with E-state index in [9.17, 15) is 14.4 Å². The van der Waals surface area contributed by atoms with Crippen LogP contribution in [0.4, 0.5) is 10.5 Å². The number of anilines is 1. The van der Waals surface area contributed by atoms with Crippen LogP contribution in [0.2, 0.25) is 0 Å². The van der Waals surface area contributed by atoms with Crippen LogP contribution in [0.5, 0.6) is 11.5 Å². The van der Waals surface area contributed by atoms with Gasteiger partial charge in [-0.15, -0.1) is 0 Å². The van der Waals surface area contributed by atoms with Crippen LogP contribution in [0.15, 0.2) is 103 Å². The molecule has 7 heteroatoms. The summed E-state index contributed by atoms with van der Waals surface area (Å²) in [5.41, 5.74) is 2.87. The second-order valence-corrected chi connectivity index (χ2v) is 9.02. The van der Waals surface area contributed by atoms with Gasteiger partial charge >= 0.3 is 6.03 Å². The van der Waals surface area contributed by atoms with Gasteiger partial charge in [-0.1, -0.05) is 72.8 Å². The lowest BCUT2D eigenvalue weighted by Crippen LogP contribution is -2.54. The number of hydrogen-bond acceptors (Lipinski definition) is 5. The van der Waals surface area contributed by atoms with Crippen LogP contribution in [-0.2, 0) is 16.2 Å². The van der Waals surface area contributed by atoms with E-state index < -0.39 is 17.8 Å². The molecule has 0 aliphatic carbocycles. The largest absolute Gasteiger partial charge is 0.489 e. The first-order valence-corrected chi connectivity index (χ1v) is 12.4. The molecule has 1 heterocycles. The minimum atomic E-state index is -0.823. The summed E-state index contributed by atoms with van der Waals surface area (Å²) in [6.07, 6.45) is 3.08. The molecule has 4 amide bonds. The van der Waals surface area contributed by atoms with Crippen LogP contribution < -0.4 is 19.7 Å². The minimum absolute atomic E-state index is 0.186. The maximum atomic E-state index is 13.5. The first-order valence-electron chi connectivity index (χ1n) is 12.4. The van der Waals surface area contributed by atoms with E-state index >= 15 is 0 Å². The zero-order valence-electron chi connectivity index (χ0n) is 21.3. The normalized spacial score (nSPS) is 14.4. The fourth-order valence-corrected chi connectivity index (χ4v) is 4.28. The van der Waals surface area contributed by atoms with Crippen LogP contribution >= 0.6 is 0 Å². The minimum Gasteiger partial charge on any atom is -0.489 e. The van der Waals surface area contributed by atoms with E-state index in [2.05, 4.69) is 11.9 Å². The topological polar surface area (TPSA) is 84.9 Å². The number of rotatable bonds is 8. The number of hydrogen-bond donors (Lipinski definition) is 1. The van der Waals surface area contributed by atoms with E-state index in [4.69, 9.17) is 9.47 Å². The molecule has 39 heavy (non-hydrogen) atoms. The van der Waals surface area contributed by atoms with Gasteiger partial charge in [-0.05, 0) is 59.7 Å². The third kappa shape index (κ3) is 5.43. The van der Waals surface area contributed by atoms with Crippen LogP contribution in [0.25, 0.3) is 16.8 Å². The summed E-state index contributed by atoms with van der Waals surface area (Å²) in [5.74, 6) is -0.447. The third-order valence-electron chi connectivity index (χ3n) is 6.30. The first-order chi connectivity index (χ1) is 18.9. The first kappa shape index (κ1) is 25.5. The van der Waals surface area contributed by atoms with E-state index in [1.807, 2.05) is 61.5 Å². The fourth-order valence-electron chi connectivity index (χ4n) is 4.28. The number of nitrogens with one attached hydrogen (secondary N) is 1. The summed E-state index contributed by atoms with van der Waals surface area (Å²) in [6.45, 7) is 6.33. The van der Waals surface area contributed by atoms with Crippen molar-refractivity contribution >= 4 is 40.4 Å². The second kappa shape index (κ2) is 11.1. The monoisotopic (exact) mass is 518 g/mol. The number of urea groups is 1. The van der Waals surface area contributed by atoms with Gasteiger partial charge in [-0.25, -0.2) is 9.69 Å². The summed E-state index contributed by atoms with van der Waals surface area (Å²) in [7, 11) is 0. The highest BCUT2D eigenvalue weighted by atomic mass is 16.5. The Morgan fingerprint density at radius 3 is 2.36 bits per heavy atom. The molecular formula is C32H26N2O5. The summed E-state index contributed by atoms with van der Waals surface area (Å²) in [6, 6.07) is 25.0. The van der Waals surface area contributed by atoms with Crippen LogP contribution in [0, 0.1) is 6.92 Å². The van der Waals surface area contributed by atoms with Gasteiger partial charge in [0.15, 0.2) is 0 Å². The SMILES string of the molecule is C=CCOc1ccc2ccccc2c1/C=C1\C(=O)NC(=O)N(c2ccc(OCc3ccc(C)cc3)cc2)C1=O. The van der Waals surface area contributed by atoms with Crippen molar-refractivity contribution in [3.05, 3.63) is 120 Å². The number of nitrogens with zero attached hydrogens (tertiary/aromatic N) is 1. The van der Waals surface area contributed by atoms with E-state index in [1.165, 1.54) is 11.6 Å². The number of ether oxygens (including phenoxy) is 2. The molecule has 0 atom stereocenters. The number of aryl methyl sites for hydroxylation is 1. The summed E-state index contributed by atoms with van der Waals surface area (Å²) in [5, 5.41) is 3.98. The Bertz CT molecular complexity index is 1600. The molecule has 1 aliphatic heterocycles. The molecule has 0 aromatic heterocycles. The molecule has 0 radical (unpaired) electrons. The summed E-state index contributed by atoms with van der Waals surface area (Å²) in [4.78, 5) is 40.0. The second-order valence-electron chi connectivity index (χ2n) is 9.02. The standard InChI is InChI=1S/C32H26N2O5/c1-3-18-38-29-17-12-23-6-4-5-7-26(23)27(29)19-28-30(35)33-32(37)34(31(28)36)24-13-15-25(16-14-24)39-20-22-10-8-21(2)9-11-22/h3-17,19H,1,18,20H2,2H3,(H,33,35,37)/b28-19+. The van der Waals surface area contributed by atoms with Crippen molar-refractivity contribution in [1.82, 2.24) is 5.32 Å². The van der Waals surface area contributed by atoms with Crippen molar-refractivity contribution in [2.45, 2.75) is 13.5 Å². The van der Waals surface area contributed by atoms with E-state index in [0.717, 1.165) is 21.2 Å². The molecule has 194 valence electrons. The molecule has 0 spiro atoms. The molecule has 5 rings (SSSR count). The van der Waals surface area contributed by atoms with Crippen molar-refractivity contribution < 1.29 is 23.9 Å². The molecular weight excluding hydrogens is 492 g/mol. The number of imide groups is 2. The molecule has 0 saturated carbocycles. The lowest BCUT2D eigenvalue weighted by atomic mass is 9.99. The van der Waals surface area contributed by atoms with Gasteiger partial charge in [0.25, 0.3) is 11.8 Å². The highest BCUT2D eigenvalue weighted by molar-refractivity contribution is 6.39. The van der Waals surface area contributed by atoms with Crippen LogP contribution in [-0.4, -0.2) is 24.5 Å². The molecule has 1 aliphatic rings. The van der Waals surface area contributed by atoms with Crippen LogP contribution in [0.3, 0.4) is 0 Å². The average molecular weight is 519 g/mol. The maximum Gasteiger partial charge on any atom is 0.335 e. The van der Waals surface area contributed by atoms with Gasteiger partial charge in [0.2, 0.25) is 0 Å². The number of carbonyl (C=O) groups is 3. The smallest absolute Gasteiger partial charge is 0.335 e. The average Bonchev–Trinajstić information content (AvgIpc) is 2.94. The predicted octanol–water partition coefficient (Wildman–Crippen LogP) is 5.96. The van der Waals surface area contributed by atoms with E-state index in [1.54, 1.807) is 36.4 Å². The number of benzene rings is 4. The number of fused-ring (bicyclic) bond motifs is 1. The van der Waals surface area contributed by atoms with Crippen molar-refractivity contribution in [2.75, 3.05) is 11.5 Å². The quantitative estimate of drug-likeness (QED) is 0.177. The number of barbiturate groups is 1. The maximum absolute atomic E-state index is 13.5. The fraction of sp³-hybridized carbons (Fsp3) is 0.0938. The number of amides is 4. The molecule has 1 saturated heterocycles. The Morgan fingerprint density at radius 1 is 0.872 bits per heavy atom. The Labute approximate surface area is 226 Å². The molecule has 7 nitrogen and oxygen atoms in total. The zero-order chi connectivity index (χ0) is 27.4. The Kier molecular flexibility index (Phi) is 7.23. The molecule has 1 N–H and O–H groups in total. The lowest BCUT2D eigenvalue weighted by Gasteiger charge is -2.26. The van der Waals surface area contributed by atoms with Gasteiger partial charge in [0.05, 0.1) is 5.69 Å². The Hall–Kier alpha value is -5.17. The predicted molar refractivity (Wildman–Crippen MR) is 151 cm³/mol. The molecule has 0 bridgehead atoms.